The van der Waals surface area contributed by atoms with Crippen molar-refractivity contribution < 1.29 is 14.3 Å². The molecule has 4 heteroatoms. The Hall–Kier alpha value is -1.73. The molecule has 1 aromatic rings. The molecule has 0 aliphatic rings. The van der Waals surface area contributed by atoms with Crippen LogP contribution >= 0.6 is 0 Å². The number of nitrogens with one attached hydrogen (secondary N) is 1. The van der Waals surface area contributed by atoms with Crippen LogP contribution in [-0.4, -0.2) is 24.2 Å². The van der Waals surface area contributed by atoms with Gasteiger partial charge in [-0.1, -0.05) is 11.8 Å². The minimum Gasteiger partial charge on any atom is -0.459 e. The summed E-state index contributed by atoms with van der Waals surface area (Å²) in [5.41, 5.74) is 0. The van der Waals surface area contributed by atoms with Gasteiger partial charge in [-0.3, -0.25) is 4.79 Å². The van der Waals surface area contributed by atoms with Gasteiger partial charge < -0.3 is 14.8 Å². The molecule has 0 aromatic carbocycles. The highest BCUT2D eigenvalue weighted by atomic mass is 16.3. The molecule has 0 atom stereocenters. The smallest absolute Gasteiger partial charge is 0.287 e. The summed E-state index contributed by atoms with van der Waals surface area (Å²) < 4.78 is 4.84. The summed E-state index contributed by atoms with van der Waals surface area (Å²) in [6.45, 7) is 0.0106. The number of hydrogen-bond donors (Lipinski definition) is 2. The largest absolute Gasteiger partial charge is 0.459 e. The van der Waals surface area contributed by atoms with Crippen molar-refractivity contribution in [3.8, 4) is 11.8 Å². The van der Waals surface area contributed by atoms with E-state index in [9.17, 15) is 4.79 Å². The Morgan fingerprint density at radius 3 is 3.08 bits per heavy atom. The normalized spacial score (nSPS) is 8.69. The van der Waals surface area contributed by atoms with Gasteiger partial charge in [0.15, 0.2) is 5.76 Å². The first kappa shape index (κ1) is 9.36. The maximum absolute atomic E-state index is 11.1. The van der Waals surface area contributed by atoms with Crippen molar-refractivity contribution in [1.82, 2.24) is 5.32 Å². The molecular weight excluding hydrogens is 170 g/mol. The van der Waals surface area contributed by atoms with Gasteiger partial charge in [0.25, 0.3) is 5.91 Å². The standard InChI is InChI=1S/C9H9NO3/c11-6-2-1-5-10-9(12)8-4-3-7-13-8/h3-4,7,11H,5-6H2,(H,10,12). The predicted molar refractivity (Wildman–Crippen MR) is 45.9 cm³/mol. The summed E-state index contributed by atoms with van der Waals surface area (Å²) in [5, 5.41) is 10.8. The van der Waals surface area contributed by atoms with E-state index in [0.717, 1.165) is 0 Å². The molecule has 13 heavy (non-hydrogen) atoms. The zero-order chi connectivity index (χ0) is 9.52. The fourth-order valence-electron chi connectivity index (χ4n) is 0.738. The van der Waals surface area contributed by atoms with Gasteiger partial charge in [-0.2, -0.15) is 0 Å². The minimum absolute atomic E-state index is 0.198. The van der Waals surface area contributed by atoms with Crippen molar-refractivity contribution in [3.63, 3.8) is 0 Å². The van der Waals surface area contributed by atoms with Gasteiger partial charge in [0.05, 0.1) is 12.8 Å². The van der Waals surface area contributed by atoms with Crippen LogP contribution in [0.2, 0.25) is 0 Å². The lowest BCUT2D eigenvalue weighted by Crippen LogP contribution is -2.22. The van der Waals surface area contributed by atoms with E-state index in [1.165, 1.54) is 6.26 Å². The summed E-state index contributed by atoms with van der Waals surface area (Å²) in [4.78, 5) is 11.1. The van der Waals surface area contributed by atoms with Gasteiger partial charge in [-0.15, -0.1) is 0 Å². The SMILES string of the molecule is O=C(NCC#CCO)c1ccco1. The Kier molecular flexibility index (Phi) is 3.61. The Morgan fingerprint density at radius 1 is 1.62 bits per heavy atom. The van der Waals surface area contributed by atoms with Crippen LogP contribution in [0, 0.1) is 11.8 Å². The molecule has 0 aliphatic carbocycles. The van der Waals surface area contributed by atoms with E-state index in [0.29, 0.717) is 0 Å². The minimum atomic E-state index is -0.308. The zero-order valence-electron chi connectivity index (χ0n) is 6.91. The third-order valence-electron chi connectivity index (χ3n) is 1.29. The van der Waals surface area contributed by atoms with Crippen LogP contribution in [0.15, 0.2) is 22.8 Å². The fourth-order valence-corrected chi connectivity index (χ4v) is 0.738. The fraction of sp³-hybridized carbons (Fsp3) is 0.222. The van der Waals surface area contributed by atoms with Crippen LogP contribution in [0.3, 0.4) is 0 Å². The van der Waals surface area contributed by atoms with E-state index in [1.807, 2.05) is 0 Å². The van der Waals surface area contributed by atoms with Crippen LogP contribution in [0.1, 0.15) is 10.6 Å². The molecule has 1 amide bonds. The van der Waals surface area contributed by atoms with E-state index in [-0.39, 0.29) is 24.8 Å². The summed E-state index contributed by atoms with van der Waals surface area (Å²) in [6, 6.07) is 3.20. The summed E-state index contributed by atoms with van der Waals surface area (Å²) >= 11 is 0. The van der Waals surface area contributed by atoms with E-state index in [4.69, 9.17) is 9.52 Å². The maximum Gasteiger partial charge on any atom is 0.287 e. The second-order valence-corrected chi connectivity index (χ2v) is 2.17. The third kappa shape index (κ3) is 3.01. The molecule has 0 spiro atoms. The van der Waals surface area contributed by atoms with Crippen LogP contribution in [0.5, 0.6) is 0 Å². The molecule has 1 rings (SSSR count). The molecule has 0 saturated carbocycles. The van der Waals surface area contributed by atoms with Gasteiger partial charge in [0.1, 0.15) is 6.61 Å². The van der Waals surface area contributed by atoms with Gasteiger partial charge in [-0.05, 0) is 12.1 Å². The number of aliphatic hydroxyl groups is 1. The maximum atomic E-state index is 11.1. The lowest BCUT2D eigenvalue weighted by molar-refractivity contribution is 0.0931. The van der Waals surface area contributed by atoms with Crippen LogP contribution < -0.4 is 5.32 Å². The molecule has 68 valence electrons. The van der Waals surface area contributed by atoms with Crippen LogP contribution in [0.4, 0.5) is 0 Å². The van der Waals surface area contributed by atoms with E-state index in [1.54, 1.807) is 12.1 Å². The zero-order valence-corrected chi connectivity index (χ0v) is 6.91. The molecule has 0 aliphatic heterocycles. The van der Waals surface area contributed by atoms with E-state index >= 15 is 0 Å². The number of carbonyl (C=O) groups is 1. The number of carbonyl (C=O) groups excluding carboxylic acids is 1. The Labute approximate surface area is 75.6 Å². The van der Waals surface area contributed by atoms with E-state index in [2.05, 4.69) is 17.2 Å². The molecule has 0 saturated heterocycles. The topological polar surface area (TPSA) is 62.5 Å². The molecule has 0 fully saturated rings. The van der Waals surface area contributed by atoms with Crippen molar-refractivity contribution in [2.45, 2.75) is 0 Å². The van der Waals surface area contributed by atoms with Gasteiger partial charge >= 0.3 is 0 Å². The second-order valence-electron chi connectivity index (χ2n) is 2.17. The quantitative estimate of drug-likeness (QED) is 0.628. The first-order valence-corrected chi connectivity index (χ1v) is 3.73. The molecule has 0 bridgehead atoms. The highest BCUT2D eigenvalue weighted by molar-refractivity contribution is 5.91. The molecule has 1 aromatic heterocycles. The highest BCUT2D eigenvalue weighted by Gasteiger charge is 2.05. The van der Waals surface area contributed by atoms with Crippen molar-refractivity contribution in [3.05, 3.63) is 24.2 Å². The number of rotatable bonds is 2. The van der Waals surface area contributed by atoms with Gasteiger partial charge in [-0.25, -0.2) is 0 Å². The van der Waals surface area contributed by atoms with Gasteiger partial charge in [0.2, 0.25) is 0 Å². The lowest BCUT2D eigenvalue weighted by Gasteiger charge is -1.95. The molecule has 0 unspecified atom stereocenters. The predicted octanol–water partition coefficient (Wildman–Crippen LogP) is 0.00510. The lowest BCUT2D eigenvalue weighted by atomic mass is 10.4. The number of amides is 1. The monoisotopic (exact) mass is 179 g/mol. The van der Waals surface area contributed by atoms with Crippen molar-refractivity contribution in [2.24, 2.45) is 0 Å². The van der Waals surface area contributed by atoms with Crippen LogP contribution in [-0.2, 0) is 0 Å². The number of furan rings is 1. The first-order valence-electron chi connectivity index (χ1n) is 3.73. The van der Waals surface area contributed by atoms with Crippen molar-refractivity contribution in [2.75, 3.05) is 13.2 Å². The summed E-state index contributed by atoms with van der Waals surface area (Å²) in [6.07, 6.45) is 1.42. The molecule has 2 N–H and O–H groups in total. The Balaban J connectivity index is 2.35. The second kappa shape index (κ2) is 5.01. The number of aliphatic hydroxyl groups excluding tert-OH is 1. The summed E-state index contributed by atoms with van der Waals surface area (Å²) in [7, 11) is 0. The first-order chi connectivity index (χ1) is 6.34. The molecule has 4 nitrogen and oxygen atoms in total. The van der Waals surface area contributed by atoms with Crippen molar-refractivity contribution >= 4 is 5.91 Å². The average molecular weight is 179 g/mol. The number of hydrogen-bond acceptors (Lipinski definition) is 3. The summed E-state index contributed by atoms with van der Waals surface area (Å²) in [5.74, 6) is 4.91. The van der Waals surface area contributed by atoms with E-state index < -0.39 is 0 Å². The average Bonchev–Trinajstić information content (AvgIpc) is 2.65. The Bertz CT molecular complexity index is 318. The van der Waals surface area contributed by atoms with Crippen LogP contribution in [0.25, 0.3) is 0 Å². The third-order valence-corrected chi connectivity index (χ3v) is 1.29. The molecular formula is C9H9NO3. The van der Waals surface area contributed by atoms with Crippen molar-refractivity contribution in [1.29, 1.82) is 0 Å². The Morgan fingerprint density at radius 2 is 2.46 bits per heavy atom. The highest BCUT2D eigenvalue weighted by Crippen LogP contribution is 1.98. The molecule has 0 radical (unpaired) electrons. The van der Waals surface area contributed by atoms with Gasteiger partial charge in [0, 0.05) is 0 Å². The molecule has 1 heterocycles.